The van der Waals surface area contributed by atoms with Crippen LogP contribution in [0.4, 0.5) is 0 Å². The topological polar surface area (TPSA) is 107 Å². The molecule has 1 aliphatic heterocycles. The maximum Gasteiger partial charge on any atom is 0.254 e. The quantitative estimate of drug-likeness (QED) is 0.382. The molecule has 0 aliphatic carbocycles. The molecule has 5 rings (SSSR count). The van der Waals surface area contributed by atoms with Gasteiger partial charge in [-0.05, 0) is 56.9 Å². The minimum Gasteiger partial charge on any atom is -0.496 e. The van der Waals surface area contributed by atoms with Crippen LogP contribution in [0, 0.1) is 6.92 Å². The number of ether oxygens (including phenoxy) is 1. The molecule has 0 radical (unpaired) electrons. The predicted molar refractivity (Wildman–Crippen MR) is 138 cm³/mol. The first kappa shape index (κ1) is 24.1. The van der Waals surface area contributed by atoms with Gasteiger partial charge >= 0.3 is 0 Å². The highest BCUT2D eigenvalue weighted by Gasteiger charge is 2.33. The van der Waals surface area contributed by atoms with Gasteiger partial charge in [0.1, 0.15) is 10.8 Å². The van der Waals surface area contributed by atoms with Gasteiger partial charge in [-0.25, -0.2) is 4.98 Å². The van der Waals surface area contributed by atoms with Gasteiger partial charge in [-0.15, -0.1) is 21.5 Å². The van der Waals surface area contributed by atoms with Crippen LogP contribution >= 0.6 is 11.3 Å². The van der Waals surface area contributed by atoms with Crippen LogP contribution in [-0.4, -0.2) is 39.6 Å². The average molecular weight is 504 g/mol. The summed E-state index contributed by atoms with van der Waals surface area (Å²) in [6.45, 7) is 4.53. The highest BCUT2D eigenvalue weighted by Crippen LogP contribution is 2.37. The Hall–Kier alpha value is -3.56. The van der Waals surface area contributed by atoms with Crippen molar-refractivity contribution in [1.29, 1.82) is 0 Å². The van der Waals surface area contributed by atoms with Crippen molar-refractivity contribution in [1.82, 2.24) is 20.1 Å². The number of hydrogen-bond donors (Lipinski definition) is 1. The van der Waals surface area contributed by atoms with Gasteiger partial charge in [-0.3, -0.25) is 4.79 Å². The Labute approximate surface area is 214 Å². The van der Waals surface area contributed by atoms with Crippen molar-refractivity contribution in [2.45, 2.75) is 44.7 Å². The zero-order valence-corrected chi connectivity index (χ0v) is 21.4. The van der Waals surface area contributed by atoms with Gasteiger partial charge < -0.3 is 19.8 Å². The Balaban J connectivity index is 1.43. The molecule has 4 aromatic rings. The molecule has 0 bridgehead atoms. The van der Waals surface area contributed by atoms with Gasteiger partial charge in [0.25, 0.3) is 11.8 Å². The molecule has 8 nitrogen and oxygen atoms in total. The van der Waals surface area contributed by atoms with Crippen molar-refractivity contribution in [2.75, 3.05) is 13.7 Å². The van der Waals surface area contributed by atoms with E-state index >= 15 is 0 Å². The molecule has 2 aromatic heterocycles. The van der Waals surface area contributed by atoms with Crippen LogP contribution in [0.3, 0.4) is 0 Å². The van der Waals surface area contributed by atoms with Gasteiger partial charge in [0.05, 0.1) is 24.3 Å². The van der Waals surface area contributed by atoms with E-state index in [1.807, 2.05) is 54.5 Å². The number of nitrogens with zero attached hydrogens (tertiary/aromatic N) is 4. The van der Waals surface area contributed by atoms with Crippen molar-refractivity contribution < 1.29 is 13.9 Å². The minimum absolute atomic E-state index is 0.00677. The lowest BCUT2D eigenvalue weighted by Gasteiger charge is -2.23. The van der Waals surface area contributed by atoms with Crippen LogP contribution in [-0.2, 0) is 12.0 Å². The number of amides is 1. The number of aryl methyl sites for hydroxylation is 1. The summed E-state index contributed by atoms with van der Waals surface area (Å²) in [5.74, 6) is 1.06. The maximum absolute atomic E-state index is 13.6. The fraction of sp³-hybridized carbons (Fsp3) is 0.333. The molecule has 0 spiro atoms. The van der Waals surface area contributed by atoms with Gasteiger partial charge in [-0.1, -0.05) is 30.3 Å². The number of carbonyl (C=O) groups is 1. The second-order valence-corrected chi connectivity index (χ2v) is 10.3. The monoisotopic (exact) mass is 503 g/mol. The van der Waals surface area contributed by atoms with Crippen molar-refractivity contribution in [3.05, 3.63) is 81.6 Å². The summed E-state index contributed by atoms with van der Waals surface area (Å²) in [5.41, 5.74) is 8.85. The second kappa shape index (κ2) is 9.83. The third kappa shape index (κ3) is 4.76. The summed E-state index contributed by atoms with van der Waals surface area (Å²) in [4.78, 5) is 20.1. The Morgan fingerprint density at radius 1 is 1.25 bits per heavy atom. The van der Waals surface area contributed by atoms with E-state index in [1.54, 1.807) is 36.6 Å². The molecule has 186 valence electrons. The highest BCUT2D eigenvalue weighted by molar-refractivity contribution is 7.09. The highest BCUT2D eigenvalue weighted by atomic mass is 32.1. The molecule has 0 unspecified atom stereocenters. The fourth-order valence-electron chi connectivity index (χ4n) is 4.62. The largest absolute Gasteiger partial charge is 0.496 e. The second-order valence-electron chi connectivity index (χ2n) is 9.39. The first-order chi connectivity index (χ1) is 17.4. The van der Waals surface area contributed by atoms with E-state index in [4.69, 9.17) is 14.9 Å². The van der Waals surface area contributed by atoms with Crippen LogP contribution < -0.4 is 10.5 Å². The van der Waals surface area contributed by atoms with E-state index in [2.05, 4.69) is 15.2 Å². The molecular formula is C27H29N5O3S. The molecule has 36 heavy (non-hydrogen) atoms. The Morgan fingerprint density at radius 2 is 2.06 bits per heavy atom. The molecule has 1 amide bonds. The summed E-state index contributed by atoms with van der Waals surface area (Å²) in [7, 11) is 1.57. The number of methoxy groups -OCH3 is 1. The lowest BCUT2D eigenvalue weighted by atomic mass is 9.94. The summed E-state index contributed by atoms with van der Waals surface area (Å²) in [6, 6.07) is 15.2. The summed E-state index contributed by atoms with van der Waals surface area (Å²) in [5, 5.41) is 11.5. The number of carbonyl (C=O) groups excluding carboxylic acids is 1. The lowest BCUT2D eigenvalue weighted by Crippen LogP contribution is -2.35. The Morgan fingerprint density at radius 3 is 2.78 bits per heavy atom. The Kier molecular flexibility index (Phi) is 6.59. The van der Waals surface area contributed by atoms with E-state index in [1.165, 1.54) is 0 Å². The van der Waals surface area contributed by atoms with E-state index in [0.717, 1.165) is 29.1 Å². The van der Waals surface area contributed by atoms with E-state index in [-0.39, 0.29) is 17.8 Å². The molecule has 2 atom stereocenters. The lowest BCUT2D eigenvalue weighted by molar-refractivity contribution is 0.0735. The molecule has 2 aromatic carbocycles. The molecule has 1 saturated heterocycles. The molecular weight excluding hydrogens is 474 g/mol. The third-order valence-corrected chi connectivity index (χ3v) is 7.50. The molecule has 3 heterocycles. The smallest absolute Gasteiger partial charge is 0.254 e. The maximum atomic E-state index is 13.6. The molecule has 9 heteroatoms. The van der Waals surface area contributed by atoms with E-state index in [9.17, 15) is 4.79 Å². The fourth-order valence-corrected chi connectivity index (χ4v) is 5.57. The summed E-state index contributed by atoms with van der Waals surface area (Å²) in [6.07, 6.45) is 2.39. The molecule has 0 saturated carbocycles. The first-order valence-corrected chi connectivity index (χ1v) is 12.8. The normalized spacial score (nSPS) is 17.2. The number of thiazole rings is 1. The minimum atomic E-state index is -0.859. The van der Waals surface area contributed by atoms with Crippen LogP contribution in [0.25, 0.3) is 11.5 Å². The summed E-state index contributed by atoms with van der Waals surface area (Å²) >= 11 is 1.60. The van der Waals surface area contributed by atoms with Crippen molar-refractivity contribution in [3.63, 3.8) is 0 Å². The summed E-state index contributed by atoms with van der Waals surface area (Å²) < 4.78 is 11.6. The number of nitrogens with two attached hydrogens (primary N) is 1. The zero-order chi connectivity index (χ0) is 25.3. The molecule has 1 aliphatic rings. The Bertz CT molecular complexity index is 1360. The zero-order valence-electron chi connectivity index (χ0n) is 20.6. The third-order valence-electron chi connectivity index (χ3n) is 6.44. The SMILES string of the molecule is COc1ccc(C(=O)N2CCC[C@@H]2c2nc(C)cs2)cc1-c1nnc([C@](C)(N)Cc2ccccc2)o1. The van der Waals surface area contributed by atoms with Crippen LogP contribution in [0.1, 0.15) is 58.3 Å². The molecule has 1 fully saturated rings. The van der Waals surface area contributed by atoms with Gasteiger partial charge in [0, 0.05) is 23.2 Å². The number of hydrogen-bond acceptors (Lipinski definition) is 8. The number of benzene rings is 2. The van der Waals surface area contributed by atoms with Crippen molar-refractivity contribution in [2.24, 2.45) is 5.73 Å². The van der Waals surface area contributed by atoms with Crippen LogP contribution in [0.5, 0.6) is 5.75 Å². The number of likely N-dealkylation sites (tertiary alicyclic amines) is 1. The van der Waals surface area contributed by atoms with E-state index < -0.39 is 5.54 Å². The number of rotatable bonds is 7. The molecule has 2 N–H and O–H groups in total. The van der Waals surface area contributed by atoms with Crippen molar-refractivity contribution in [3.8, 4) is 17.2 Å². The van der Waals surface area contributed by atoms with Crippen LogP contribution in [0.2, 0.25) is 0 Å². The first-order valence-electron chi connectivity index (χ1n) is 11.9. The van der Waals surface area contributed by atoms with Gasteiger partial charge in [0.2, 0.25) is 5.89 Å². The van der Waals surface area contributed by atoms with Crippen molar-refractivity contribution >= 4 is 17.2 Å². The average Bonchev–Trinajstić information content (AvgIpc) is 3.64. The number of aromatic nitrogens is 3. The van der Waals surface area contributed by atoms with Crippen LogP contribution in [0.15, 0.2) is 58.3 Å². The van der Waals surface area contributed by atoms with E-state index in [0.29, 0.717) is 35.7 Å². The van der Waals surface area contributed by atoms with Gasteiger partial charge in [0.15, 0.2) is 0 Å². The standard InChI is InChI=1S/C27H29N5O3S/c1-17-16-36-24(29-17)21-10-7-13-32(21)25(33)19-11-12-22(34-3)20(14-19)23-30-31-26(35-23)27(2,28)15-18-8-5-4-6-9-18/h4-6,8-9,11-12,14,16,21H,7,10,13,15,28H2,1-3H3/t21-,27-/m1/s1. The van der Waals surface area contributed by atoms with Gasteiger partial charge in [-0.2, -0.15) is 0 Å². The predicted octanol–water partition coefficient (Wildman–Crippen LogP) is 4.90.